The fourth-order valence-corrected chi connectivity index (χ4v) is 3.53. The molecule has 1 fully saturated rings. The summed E-state index contributed by atoms with van der Waals surface area (Å²) in [7, 11) is 0. The fraction of sp³-hybridized carbons (Fsp3) is 0.333. The number of carbonyl (C=O) groups is 2. The number of rotatable bonds is 2. The Morgan fingerprint density at radius 1 is 1.24 bits per heavy atom. The van der Waals surface area contributed by atoms with Gasteiger partial charge in [0.15, 0.2) is 6.04 Å². The van der Waals surface area contributed by atoms with Gasteiger partial charge < -0.3 is 10.2 Å². The van der Waals surface area contributed by atoms with Crippen LogP contribution in [-0.2, 0) is 9.59 Å². The van der Waals surface area contributed by atoms with Crippen molar-refractivity contribution in [1.82, 2.24) is 26.2 Å². The van der Waals surface area contributed by atoms with Crippen LogP contribution in [-0.4, -0.2) is 46.9 Å². The van der Waals surface area contributed by atoms with Crippen LogP contribution in [0.1, 0.15) is 18.9 Å². The van der Waals surface area contributed by atoms with Gasteiger partial charge in [-0.3, -0.25) is 14.6 Å². The summed E-state index contributed by atoms with van der Waals surface area (Å²) in [6, 6.07) is 9.04. The van der Waals surface area contributed by atoms with Gasteiger partial charge in [0, 0.05) is 25.0 Å². The molecule has 7 nitrogen and oxygen atoms in total. The third kappa shape index (κ3) is 2.92. The highest BCUT2D eigenvalue weighted by atomic mass is 16.2. The number of hydrogen-bond donors (Lipinski definition) is 3. The summed E-state index contributed by atoms with van der Waals surface area (Å²) in [6.07, 6.45) is 4.70. The number of nitrogens with zero attached hydrogens (tertiary/aromatic N) is 2. The lowest BCUT2D eigenvalue weighted by atomic mass is 9.98. The first-order chi connectivity index (χ1) is 12.1. The molecule has 7 heteroatoms. The van der Waals surface area contributed by atoms with Crippen LogP contribution < -0.4 is 16.3 Å². The molecule has 1 aromatic carbocycles. The number of hydrazine groups is 2. The van der Waals surface area contributed by atoms with Crippen molar-refractivity contribution >= 4 is 17.4 Å². The monoisotopic (exact) mass is 339 g/mol. The zero-order chi connectivity index (χ0) is 17.4. The van der Waals surface area contributed by atoms with Gasteiger partial charge in [0.1, 0.15) is 6.04 Å². The van der Waals surface area contributed by atoms with Gasteiger partial charge in [-0.25, -0.2) is 5.43 Å². The van der Waals surface area contributed by atoms with E-state index in [1.54, 1.807) is 16.1 Å². The summed E-state index contributed by atoms with van der Waals surface area (Å²) in [6.45, 7) is 3.02. The number of carbonyl (C=O) groups excluding carboxylic acids is 2. The zero-order valence-corrected chi connectivity index (χ0v) is 14.0. The van der Waals surface area contributed by atoms with Crippen molar-refractivity contribution in [2.45, 2.75) is 25.4 Å². The van der Waals surface area contributed by atoms with Crippen molar-refractivity contribution in [1.29, 1.82) is 0 Å². The van der Waals surface area contributed by atoms with Gasteiger partial charge >= 0.3 is 0 Å². The number of benzene rings is 1. The number of nitrogens with one attached hydrogen (secondary N) is 3. The van der Waals surface area contributed by atoms with E-state index in [0.717, 1.165) is 12.1 Å². The lowest BCUT2D eigenvalue weighted by molar-refractivity contribution is -0.137. The largest absolute Gasteiger partial charge is 0.337 e. The normalized spacial score (nSPS) is 25.9. The average molecular weight is 339 g/mol. The molecule has 25 heavy (non-hydrogen) atoms. The number of amides is 2. The van der Waals surface area contributed by atoms with E-state index in [1.807, 2.05) is 25.1 Å². The van der Waals surface area contributed by atoms with Crippen LogP contribution in [0.15, 0.2) is 48.3 Å². The second kappa shape index (κ2) is 6.34. The molecule has 3 aliphatic heterocycles. The Morgan fingerprint density at radius 3 is 2.76 bits per heavy atom. The molecule has 0 aromatic heterocycles. The summed E-state index contributed by atoms with van der Waals surface area (Å²) < 4.78 is 0. The molecule has 4 rings (SSSR count). The van der Waals surface area contributed by atoms with E-state index in [0.29, 0.717) is 13.1 Å². The van der Waals surface area contributed by atoms with Crippen LogP contribution >= 0.6 is 0 Å². The highest BCUT2D eigenvalue weighted by Gasteiger charge is 2.45. The molecule has 1 aromatic rings. The minimum atomic E-state index is -0.601. The smallest absolute Gasteiger partial charge is 0.250 e. The van der Waals surface area contributed by atoms with Crippen molar-refractivity contribution < 1.29 is 9.59 Å². The van der Waals surface area contributed by atoms with Gasteiger partial charge in [-0.05, 0) is 24.5 Å². The number of fused-ring (bicyclic) bond motifs is 1. The first-order valence-electron chi connectivity index (χ1n) is 8.45. The molecule has 3 heterocycles. The van der Waals surface area contributed by atoms with Gasteiger partial charge in [-0.15, -0.1) is 0 Å². The molecule has 0 radical (unpaired) electrons. The third-order valence-electron chi connectivity index (χ3n) is 4.82. The third-order valence-corrected chi connectivity index (χ3v) is 4.82. The minimum Gasteiger partial charge on any atom is -0.337 e. The van der Waals surface area contributed by atoms with Crippen LogP contribution in [0.5, 0.6) is 0 Å². The molecule has 3 N–H and O–H groups in total. The summed E-state index contributed by atoms with van der Waals surface area (Å²) in [4.78, 5) is 27.0. The maximum Gasteiger partial charge on any atom is 0.250 e. The van der Waals surface area contributed by atoms with Crippen LogP contribution in [0.4, 0.5) is 0 Å². The van der Waals surface area contributed by atoms with E-state index in [4.69, 9.17) is 0 Å². The zero-order valence-electron chi connectivity index (χ0n) is 14.0. The summed E-state index contributed by atoms with van der Waals surface area (Å²) >= 11 is 0. The Balaban J connectivity index is 1.46. The van der Waals surface area contributed by atoms with Gasteiger partial charge in [-0.1, -0.05) is 36.4 Å². The second-order valence-corrected chi connectivity index (χ2v) is 6.52. The lowest BCUT2D eigenvalue weighted by Crippen LogP contribution is -2.56. The fourth-order valence-electron chi connectivity index (χ4n) is 3.53. The predicted octanol–water partition coefficient (Wildman–Crippen LogP) is 0.355. The van der Waals surface area contributed by atoms with E-state index in [-0.39, 0.29) is 11.8 Å². The Labute approximate surface area is 146 Å². The molecular weight excluding hydrogens is 318 g/mol. The number of allylic oxidation sites excluding steroid dienone is 1. The van der Waals surface area contributed by atoms with Crippen molar-refractivity contribution in [2.24, 2.45) is 0 Å². The lowest BCUT2D eigenvalue weighted by Gasteiger charge is -2.32. The van der Waals surface area contributed by atoms with Crippen molar-refractivity contribution in [3.63, 3.8) is 0 Å². The van der Waals surface area contributed by atoms with Gasteiger partial charge in [0.05, 0.1) is 0 Å². The van der Waals surface area contributed by atoms with Crippen molar-refractivity contribution in [2.75, 3.05) is 13.1 Å². The first kappa shape index (κ1) is 15.9. The van der Waals surface area contributed by atoms with Crippen LogP contribution in [0.2, 0.25) is 0 Å². The first-order valence-corrected chi connectivity index (χ1v) is 8.45. The minimum absolute atomic E-state index is 0.0635. The quantitative estimate of drug-likeness (QED) is 0.725. The highest BCUT2D eigenvalue weighted by molar-refractivity contribution is 5.94. The average Bonchev–Trinajstić information content (AvgIpc) is 3.06. The van der Waals surface area contributed by atoms with Gasteiger partial charge in [-0.2, -0.15) is 5.53 Å². The van der Waals surface area contributed by atoms with E-state index in [2.05, 4.69) is 34.5 Å². The SMILES string of the molecule is CC1=CN2NNC(C(=O)N3CC=C(c4ccccc4)CC3)C2C(=O)N1. The molecule has 0 aliphatic carbocycles. The van der Waals surface area contributed by atoms with Crippen LogP contribution in [0, 0.1) is 0 Å². The summed E-state index contributed by atoms with van der Waals surface area (Å²) in [5, 5.41) is 4.44. The molecule has 0 bridgehead atoms. The van der Waals surface area contributed by atoms with Crippen molar-refractivity contribution in [3.8, 4) is 0 Å². The summed E-state index contributed by atoms with van der Waals surface area (Å²) in [5.74, 6) is -0.236. The van der Waals surface area contributed by atoms with Crippen molar-refractivity contribution in [3.05, 3.63) is 53.9 Å². The molecule has 1 saturated heterocycles. The topological polar surface area (TPSA) is 76.7 Å². The molecule has 2 atom stereocenters. The maximum atomic E-state index is 12.9. The molecule has 3 aliphatic rings. The number of hydrogen-bond acceptors (Lipinski definition) is 5. The molecular formula is C18H21N5O2. The summed E-state index contributed by atoms with van der Waals surface area (Å²) in [5.41, 5.74) is 9.07. The second-order valence-electron chi connectivity index (χ2n) is 6.52. The van der Waals surface area contributed by atoms with E-state index >= 15 is 0 Å². The van der Waals surface area contributed by atoms with E-state index < -0.39 is 12.1 Å². The van der Waals surface area contributed by atoms with Gasteiger partial charge in [0.2, 0.25) is 5.91 Å². The Hall–Kier alpha value is -2.64. The van der Waals surface area contributed by atoms with Crippen LogP contribution in [0.25, 0.3) is 5.57 Å². The van der Waals surface area contributed by atoms with E-state index in [1.165, 1.54) is 11.1 Å². The molecule has 2 unspecified atom stereocenters. The maximum absolute atomic E-state index is 12.9. The van der Waals surface area contributed by atoms with E-state index in [9.17, 15) is 9.59 Å². The predicted molar refractivity (Wildman–Crippen MR) is 93.2 cm³/mol. The standard InChI is InChI=1S/C18H21N5O2/c1-12-11-23-16(17(24)19-12)15(20-21-23)18(25)22-9-7-14(8-10-22)13-5-3-2-4-6-13/h2-7,11,15-16,20-21H,8-10H2,1H3,(H,19,24). The van der Waals surface area contributed by atoms with Crippen LogP contribution in [0.3, 0.4) is 0 Å². The Kier molecular flexibility index (Phi) is 4.03. The Bertz CT molecular complexity index is 758. The molecule has 130 valence electrons. The molecule has 0 saturated carbocycles. The van der Waals surface area contributed by atoms with Gasteiger partial charge in [0.25, 0.3) is 5.91 Å². The highest BCUT2D eigenvalue weighted by Crippen LogP contribution is 2.24. The Morgan fingerprint density at radius 2 is 2.04 bits per heavy atom. The molecule has 2 amide bonds. The molecule has 0 spiro atoms.